The van der Waals surface area contributed by atoms with Crippen molar-refractivity contribution < 1.29 is 88.9 Å². The summed E-state index contributed by atoms with van der Waals surface area (Å²) >= 11 is 0. The van der Waals surface area contributed by atoms with Crippen LogP contribution in [0, 0.1) is 69.5 Å². The molecule has 76 heavy (non-hydrogen) atoms. The lowest BCUT2D eigenvalue weighted by molar-refractivity contribution is 0.0224. The molecule has 0 aliphatic carbocycles. The molecule has 1 unspecified atom stereocenters. The Morgan fingerprint density at radius 3 is 1.57 bits per heavy atom. The number of nitriles is 1. The van der Waals surface area contributed by atoms with Gasteiger partial charge < -0.3 is 23.8 Å². The molecule has 28 heteroatoms. The van der Waals surface area contributed by atoms with E-state index in [-0.39, 0.29) is 59.5 Å². The van der Waals surface area contributed by atoms with E-state index in [0.29, 0.717) is 25.9 Å². The molecule has 7 rings (SSSR count). The van der Waals surface area contributed by atoms with Crippen LogP contribution in [0.15, 0.2) is 64.4 Å². The molecule has 0 bridgehead atoms. The van der Waals surface area contributed by atoms with Crippen molar-refractivity contribution >= 4 is 51.8 Å². The van der Waals surface area contributed by atoms with E-state index in [1.807, 2.05) is 33.8 Å². The molecule has 2 aliphatic heterocycles. The van der Waals surface area contributed by atoms with E-state index >= 15 is 0 Å². The maximum Gasteiger partial charge on any atom is 0.340 e. The third-order valence-corrected chi connectivity index (χ3v) is 16.6. The third-order valence-electron chi connectivity index (χ3n) is 11.7. The molecule has 1 spiro atoms. The van der Waals surface area contributed by atoms with Gasteiger partial charge in [0.25, 0.3) is 34.5 Å². The van der Waals surface area contributed by atoms with Crippen LogP contribution in [0.1, 0.15) is 97.2 Å². The number of benzene rings is 5. The average Bonchev–Trinajstić information content (AvgIpc) is 3.68. The fourth-order valence-electron chi connectivity index (χ4n) is 8.39. The Kier molecular flexibility index (Phi) is 17.0. The van der Waals surface area contributed by atoms with E-state index in [1.54, 1.807) is 9.44 Å². The maximum atomic E-state index is 14.7. The van der Waals surface area contributed by atoms with E-state index in [0.717, 1.165) is 42.8 Å². The Morgan fingerprint density at radius 1 is 0.645 bits per heavy atom. The highest BCUT2D eigenvalue weighted by molar-refractivity contribution is 7.93. The second-order valence-corrected chi connectivity index (χ2v) is 22.1. The molecule has 2 heterocycles. The van der Waals surface area contributed by atoms with Crippen molar-refractivity contribution in [2.45, 2.75) is 87.3 Å². The van der Waals surface area contributed by atoms with Crippen molar-refractivity contribution in [3.63, 3.8) is 0 Å². The van der Waals surface area contributed by atoms with Gasteiger partial charge in [-0.3, -0.25) is 14.2 Å². The van der Waals surface area contributed by atoms with Crippen LogP contribution in [0.25, 0.3) is 0 Å². The fraction of sp³-hybridized carbons (Fsp3) is 0.312. The number of halogens is 10. The zero-order valence-electron chi connectivity index (χ0n) is 40.0. The number of anilines is 2. The van der Waals surface area contributed by atoms with Crippen molar-refractivity contribution in [1.29, 1.82) is 5.26 Å². The molecule has 2 aliphatic rings. The first-order valence-electron chi connectivity index (χ1n) is 22.7. The smallest absolute Gasteiger partial charge is 0.340 e. The Hall–Kier alpha value is -6.56. The number of fused-ring (bicyclic) bond motifs is 6. The van der Waals surface area contributed by atoms with Gasteiger partial charge in [0, 0.05) is 53.0 Å². The zero-order chi connectivity index (χ0) is 55.8. The standard InChI is InChI=1S/C48H42F10N5O10PS2/c1-23(2)63(24(3)4)74(71-19-9-16-59)70-18-8-6-5-7-17-60-46(64)25-10-13-29-28(20-25)47(65)73-48(29)30-14-11-26(61-75(66,67)44-40(55)36(51)34(49)37(52)41(44)56)21-32(30)72-33-22-27(12-15-31(33)48)62-76(68,69)45-42(57)38(53)35(50)39(54)43(45)58/h10-15,20-24,61-62H,5-9,17-19H2,1-4H3,(H,60,64). The van der Waals surface area contributed by atoms with Gasteiger partial charge in [0.2, 0.25) is 11.6 Å². The van der Waals surface area contributed by atoms with Gasteiger partial charge >= 0.3 is 5.97 Å². The summed E-state index contributed by atoms with van der Waals surface area (Å²) in [7, 11) is -12.8. The number of carbonyl (C=O) groups excluding carboxylic acids is 2. The summed E-state index contributed by atoms with van der Waals surface area (Å²) in [5, 5.41) is 11.7. The van der Waals surface area contributed by atoms with Crippen LogP contribution in [-0.4, -0.2) is 65.2 Å². The zero-order valence-corrected chi connectivity index (χ0v) is 42.6. The minimum atomic E-state index is -5.68. The number of unbranched alkanes of at least 4 members (excludes halogenated alkanes) is 3. The highest BCUT2D eigenvalue weighted by atomic mass is 32.2. The number of nitrogens with zero attached hydrogens (tertiary/aromatic N) is 2. The summed E-state index contributed by atoms with van der Waals surface area (Å²) in [4.78, 5) is 22.8. The summed E-state index contributed by atoms with van der Waals surface area (Å²) in [5.41, 5.74) is -4.08. The van der Waals surface area contributed by atoms with Crippen molar-refractivity contribution in [2.24, 2.45) is 0 Å². The quantitative estimate of drug-likeness (QED) is 0.0157. The molecule has 1 atom stereocenters. The summed E-state index contributed by atoms with van der Waals surface area (Å²) in [5.74, 6) is -29.2. The number of hydrogen-bond donors (Lipinski definition) is 3. The van der Waals surface area contributed by atoms with E-state index < -0.39 is 137 Å². The highest BCUT2D eigenvalue weighted by Gasteiger charge is 2.54. The molecule has 0 aromatic heterocycles. The number of carbonyl (C=O) groups is 2. The van der Waals surface area contributed by atoms with Gasteiger partial charge in [0.05, 0.1) is 42.6 Å². The molecule has 5 aromatic carbocycles. The highest BCUT2D eigenvalue weighted by Crippen LogP contribution is 2.57. The first kappa shape index (κ1) is 57.2. The normalized spacial score (nSPS) is 14.0. The van der Waals surface area contributed by atoms with Crippen molar-refractivity contribution in [3.05, 3.63) is 141 Å². The lowest BCUT2D eigenvalue weighted by Crippen LogP contribution is -2.33. The van der Waals surface area contributed by atoms with Crippen molar-refractivity contribution in [3.8, 4) is 17.6 Å². The number of rotatable bonds is 21. The number of ether oxygens (including phenoxy) is 2. The van der Waals surface area contributed by atoms with Gasteiger partial charge in [0.1, 0.15) is 11.5 Å². The predicted molar refractivity (Wildman–Crippen MR) is 251 cm³/mol. The van der Waals surface area contributed by atoms with Crippen LogP contribution >= 0.6 is 8.53 Å². The van der Waals surface area contributed by atoms with Crippen LogP contribution in [0.5, 0.6) is 11.5 Å². The second kappa shape index (κ2) is 22.6. The van der Waals surface area contributed by atoms with Crippen LogP contribution in [0.3, 0.4) is 0 Å². The van der Waals surface area contributed by atoms with Crippen molar-refractivity contribution in [1.82, 2.24) is 9.99 Å². The van der Waals surface area contributed by atoms with Crippen LogP contribution < -0.4 is 19.5 Å². The minimum absolute atomic E-state index is 0.0180. The molecule has 406 valence electrons. The molecule has 0 saturated heterocycles. The number of hydrogen-bond acceptors (Lipinski definition) is 12. The van der Waals surface area contributed by atoms with Gasteiger partial charge in [-0.15, -0.1) is 0 Å². The third kappa shape index (κ3) is 10.9. The largest absolute Gasteiger partial charge is 0.456 e. The van der Waals surface area contributed by atoms with E-state index in [2.05, 4.69) is 9.99 Å². The van der Waals surface area contributed by atoms with Crippen LogP contribution in [0.4, 0.5) is 55.3 Å². The molecule has 0 fully saturated rings. The van der Waals surface area contributed by atoms with Gasteiger partial charge in [0.15, 0.2) is 61.9 Å². The first-order valence-corrected chi connectivity index (χ1v) is 26.8. The van der Waals surface area contributed by atoms with Crippen LogP contribution in [0.2, 0.25) is 0 Å². The number of nitrogens with one attached hydrogen (secondary N) is 3. The lowest BCUT2D eigenvalue weighted by Gasteiger charge is -2.37. The maximum absolute atomic E-state index is 14.7. The summed E-state index contributed by atoms with van der Waals surface area (Å²) < 4.78 is 225. The number of amides is 1. The lowest BCUT2D eigenvalue weighted by atomic mass is 9.77. The Morgan fingerprint density at radius 2 is 1.09 bits per heavy atom. The van der Waals surface area contributed by atoms with Gasteiger partial charge in [-0.05, 0) is 76.9 Å². The number of esters is 1. The fourth-order valence-corrected chi connectivity index (χ4v) is 12.4. The molecule has 5 aromatic rings. The molecule has 0 saturated carbocycles. The Balaban J connectivity index is 1.16. The average molecular weight is 1130 g/mol. The molecular weight excluding hydrogens is 1090 g/mol. The Bertz CT molecular complexity index is 3210. The number of sulfonamides is 2. The van der Waals surface area contributed by atoms with Crippen LogP contribution in [-0.2, 0) is 39.4 Å². The van der Waals surface area contributed by atoms with E-state index in [4.69, 9.17) is 23.8 Å². The molecule has 0 radical (unpaired) electrons. The monoisotopic (exact) mass is 1130 g/mol. The second-order valence-electron chi connectivity index (χ2n) is 17.4. The topological polar surface area (TPSA) is 202 Å². The molecule has 1 amide bonds. The van der Waals surface area contributed by atoms with Gasteiger partial charge in [-0.25, -0.2) is 70.2 Å². The van der Waals surface area contributed by atoms with Gasteiger partial charge in [-0.1, -0.05) is 18.9 Å². The summed E-state index contributed by atoms with van der Waals surface area (Å²) in [6, 6.07) is 11.7. The van der Waals surface area contributed by atoms with Gasteiger partial charge in [-0.2, -0.15) is 5.26 Å². The predicted octanol–water partition coefficient (Wildman–Crippen LogP) is 10.8. The Labute approximate surface area is 429 Å². The molecule has 15 nitrogen and oxygen atoms in total. The first-order chi connectivity index (χ1) is 35.8. The molecule has 3 N–H and O–H groups in total. The van der Waals surface area contributed by atoms with Crippen molar-refractivity contribution in [2.75, 3.05) is 29.2 Å². The van der Waals surface area contributed by atoms with E-state index in [9.17, 15) is 70.3 Å². The summed E-state index contributed by atoms with van der Waals surface area (Å²) in [6.07, 6.45) is 2.86. The van der Waals surface area contributed by atoms with E-state index in [1.165, 1.54) is 18.2 Å². The minimum Gasteiger partial charge on any atom is -0.456 e. The summed E-state index contributed by atoms with van der Waals surface area (Å²) in [6.45, 7) is 8.92. The molecular formula is C48H42F10N5O10PS2. The SMILES string of the molecule is CC(C)N(C(C)C)P(OCCC#N)OCCCCCCNC(=O)c1ccc2c(c1)C(=O)OC21c2ccc(NS(=O)(=O)c3c(F)c(F)c(F)c(F)c3F)cc2Oc2cc(NS(=O)(=O)c3c(F)c(F)c(F)c(F)c3F)ccc21.